The molecule has 1 rings (SSSR count). The first-order chi connectivity index (χ1) is 7.24. The van der Waals surface area contributed by atoms with Gasteiger partial charge in [0.1, 0.15) is 5.82 Å². The molecule has 0 aromatic carbocycles. The lowest BCUT2D eigenvalue weighted by Gasteiger charge is -2.04. The maximum absolute atomic E-state index is 10.7. The number of nitrogens with two attached hydrogens (primary N) is 1. The van der Waals surface area contributed by atoms with E-state index in [1.165, 1.54) is 0 Å². The Hall–Kier alpha value is -1.69. The quantitative estimate of drug-likeness (QED) is 0.554. The molecule has 1 amide bonds. The average Bonchev–Trinajstić information content (AvgIpc) is 2.25. The van der Waals surface area contributed by atoms with Crippen LogP contribution in [0.15, 0.2) is 12.1 Å². The second-order valence-corrected chi connectivity index (χ2v) is 2.95. The third-order valence-electron chi connectivity index (χ3n) is 1.77. The number of likely N-dealkylation sites (N-methyl/N-ethyl adjacent to an activating group) is 1. The molecule has 0 aliphatic carbocycles. The van der Waals surface area contributed by atoms with Gasteiger partial charge in [-0.25, -0.2) is 0 Å². The number of nitrogens with one attached hydrogen (secondary N) is 2. The first-order valence-corrected chi connectivity index (χ1v) is 4.82. The van der Waals surface area contributed by atoms with Crippen molar-refractivity contribution < 1.29 is 4.79 Å². The third kappa shape index (κ3) is 3.90. The molecule has 4 N–H and O–H groups in total. The fraction of sp³-hybridized carbons (Fsp3) is 0.444. The summed E-state index contributed by atoms with van der Waals surface area (Å²) >= 11 is 0. The lowest BCUT2D eigenvalue weighted by molar-refractivity contribution is 0.0994. The normalized spacial score (nSPS) is 9.93. The molecule has 0 bridgehead atoms. The van der Waals surface area contributed by atoms with Crippen LogP contribution in [0, 0.1) is 0 Å². The summed E-state index contributed by atoms with van der Waals surface area (Å²) in [5.41, 5.74) is 5.21. The molecular formula is C9H15N5O. The summed E-state index contributed by atoms with van der Waals surface area (Å²) < 4.78 is 0. The second-order valence-electron chi connectivity index (χ2n) is 2.95. The number of carbonyl (C=O) groups excluding carboxylic acids is 1. The Morgan fingerprint density at radius 1 is 1.40 bits per heavy atom. The van der Waals surface area contributed by atoms with Gasteiger partial charge >= 0.3 is 0 Å². The van der Waals surface area contributed by atoms with Crippen LogP contribution >= 0.6 is 0 Å². The van der Waals surface area contributed by atoms with Crippen LogP contribution < -0.4 is 16.4 Å². The Bertz CT molecular complexity index is 311. The van der Waals surface area contributed by atoms with Crippen LogP contribution in [0.25, 0.3) is 0 Å². The van der Waals surface area contributed by atoms with Crippen LogP contribution in [0.2, 0.25) is 0 Å². The maximum atomic E-state index is 10.7. The Morgan fingerprint density at radius 2 is 2.20 bits per heavy atom. The number of amides is 1. The number of anilines is 1. The predicted molar refractivity (Wildman–Crippen MR) is 57.6 cm³/mol. The highest BCUT2D eigenvalue weighted by Gasteiger charge is 2.01. The zero-order valence-corrected chi connectivity index (χ0v) is 8.66. The van der Waals surface area contributed by atoms with E-state index in [1.807, 2.05) is 6.92 Å². The van der Waals surface area contributed by atoms with Gasteiger partial charge in [-0.2, -0.15) is 0 Å². The summed E-state index contributed by atoms with van der Waals surface area (Å²) in [7, 11) is 0. The molecule has 1 heterocycles. The van der Waals surface area contributed by atoms with Crippen LogP contribution in [0.1, 0.15) is 17.4 Å². The Morgan fingerprint density at radius 3 is 2.73 bits per heavy atom. The van der Waals surface area contributed by atoms with Crippen molar-refractivity contribution in [1.82, 2.24) is 15.5 Å². The maximum Gasteiger partial charge on any atom is 0.269 e. The van der Waals surface area contributed by atoms with E-state index in [0.717, 1.165) is 19.6 Å². The number of hydrogen-bond acceptors (Lipinski definition) is 5. The monoisotopic (exact) mass is 209 g/mol. The van der Waals surface area contributed by atoms with Gasteiger partial charge in [0, 0.05) is 13.1 Å². The van der Waals surface area contributed by atoms with E-state index in [2.05, 4.69) is 20.8 Å². The van der Waals surface area contributed by atoms with Gasteiger partial charge in [0.25, 0.3) is 5.91 Å². The van der Waals surface area contributed by atoms with Crippen molar-refractivity contribution in [2.75, 3.05) is 25.0 Å². The molecule has 0 radical (unpaired) electrons. The van der Waals surface area contributed by atoms with Crippen molar-refractivity contribution in [1.29, 1.82) is 0 Å². The number of carbonyl (C=O) groups is 1. The summed E-state index contributed by atoms with van der Waals surface area (Å²) in [6.07, 6.45) is 0. The van der Waals surface area contributed by atoms with E-state index in [4.69, 9.17) is 5.73 Å². The van der Waals surface area contributed by atoms with E-state index in [1.54, 1.807) is 12.1 Å². The van der Waals surface area contributed by atoms with Crippen molar-refractivity contribution in [3.8, 4) is 0 Å². The Kier molecular flexibility index (Phi) is 4.49. The van der Waals surface area contributed by atoms with Crippen LogP contribution in [-0.4, -0.2) is 35.7 Å². The summed E-state index contributed by atoms with van der Waals surface area (Å²) in [5.74, 6) is 0.0691. The first-order valence-electron chi connectivity index (χ1n) is 4.82. The number of nitrogens with zero attached hydrogens (tertiary/aromatic N) is 2. The number of aromatic nitrogens is 2. The van der Waals surface area contributed by atoms with Crippen LogP contribution in [0.5, 0.6) is 0 Å². The molecule has 6 nitrogen and oxygen atoms in total. The number of rotatable bonds is 6. The summed E-state index contributed by atoms with van der Waals surface area (Å²) in [5, 5.41) is 13.7. The van der Waals surface area contributed by atoms with Crippen molar-refractivity contribution in [2.45, 2.75) is 6.92 Å². The summed E-state index contributed by atoms with van der Waals surface area (Å²) in [4.78, 5) is 10.7. The highest BCUT2D eigenvalue weighted by Crippen LogP contribution is 2.00. The highest BCUT2D eigenvalue weighted by molar-refractivity contribution is 5.90. The molecule has 0 aliphatic heterocycles. The SMILES string of the molecule is CCNCCNc1ccc(C(N)=O)nn1. The second kappa shape index (κ2) is 5.92. The molecule has 0 spiro atoms. The minimum atomic E-state index is -0.568. The summed E-state index contributed by atoms with van der Waals surface area (Å²) in [6.45, 7) is 4.60. The van der Waals surface area contributed by atoms with E-state index in [-0.39, 0.29) is 5.69 Å². The standard InChI is InChI=1S/C9H15N5O/c1-2-11-5-6-12-8-4-3-7(9(10)15)13-14-8/h3-4,11H,2,5-6H2,1H3,(H2,10,15)(H,12,14). The van der Waals surface area contributed by atoms with Crippen LogP contribution in [-0.2, 0) is 0 Å². The molecule has 0 unspecified atom stereocenters. The lowest BCUT2D eigenvalue weighted by atomic mass is 10.4. The fourth-order valence-corrected chi connectivity index (χ4v) is 1.01. The minimum absolute atomic E-state index is 0.173. The fourth-order valence-electron chi connectivity index (χ4n) is 1.01. The van der Waals surface area contributed by atoms with E-state index in [0.29, 0.717) is 5.82 Å². The number of primary amides is 1. The largest absolute Gasteiger partial charge is 0.367 e. The molecular weight excluding hydrogens is 194 g/mol. The molecule has 0 aliphatic rings. The van der Waals surface area contributed by atoms with Gasteiger partial charge in [-0.3, -0.25) is 4.79 Å². The van der Waals surface area contributed by atoms with Gasteiger partial charge in [0.15, 0.2) is 5.69 Å². The van der Waals surface area contributed by atoms with Crippen molar-refractivity contribution in [3.63, 3.8) is 0 Å². The topological polar surface area (TPSA) is 92.9 Å². The lowest BCUT2D eigenvalue weighted by Crippen LogP contribution is -2.22. The van der Waals surface area contributed by atoms with Crippen molar-refractivity contribution in [3.05, 3.63) is 17.8 Å². The molecule has 6 heteroatoms. The Labute approximate surface area is 88.3 Å². The molecule has 0 saturated heterocycles. The zero-order chi connectivity index (χ0) is 11.1. The van der Waals surface area contributed by atoms with E-state index >= 15 is 0 Å². The summed E-state index contributed by atoms with van der Waals surface area (Å²) in [6, 6.07) is 3.23. The van der Waals surface area contributed by atoms with E-state index < -0.39 is 5.91 Å². The third-order valence-corrected chi connectivity index (χ3v) is 1.77. The van der Waals surface area contributed by atoms with Crippen LogP contribution in [0.4, 0.5) is 5.82 Å². The van der Waals surface area contributed by atoms with Gasteiger partial charge in [0.05, 0.1) is 0 Å². The molecule has 0 atom stereocenters. The zero-order valence-electron chi connectivity index (χ0n) is 8.66. The number of hydrogen-bond donors (Lipinski definition) is 3. The average molecular weight is 209 g/mol. The smallest absolute Gasteiger partial charge is 0.269 e. The molecule has 15 heavy (non-hydrogen) atoms. The van der Waals surface area contributed by atoms with E-state index in [9.17, 15) is 4.79 Å². The van der Waals surface area contributed by atoms with Crippen molar-refractivity contribution >= 4 is 11.7 Å². The molecule has 0 fully saturated rings. The van der Waals surface area contributed by atoms with Gasteiger partial charge in [-0.1, -0.05) is 6.92 Å². The Balaban J connectivity index is 2.39. The van der Waals surface area contributed by atoms with Gasteiger partial charge in [0.2, 0.25) is 0 Å². The minimum Gasteiger partial charge on any atom is -0.367 e. The first kappa shape index (κ1) is 11.4. The molecule has 1 aromatic heterocycles. The van der Waals surface area contributed by atoms with Gasteiger partial charge in [-0.15, -0.1) is 10.2 Å². The van der Waals surface area contributed by atoms with Crippen LogP contribution in [0.3, 0.4) is 0 Å². The molecule has 1 aromatic rings. The molecule has 82 valence electrons. The predicted octanol–water partition coefficient (Wildman–Crippen LogP) is -0.403. The van der Waals surface area contributed by atoms with Gasteiger partial charge in [-0.05, 0) is 18.7 Å². The molecule has 0 saturated carbocycles. The highest BCUT2D eigenvalue weighted by atomic mass is 16.1. The van der Waals surface area contributed by atoms with Gasteiger partial charge < -0.3 is 16.4 Å². The van der Waals surface area contributed by atoms with Crippen molar-refractivity contribution in [2.24, 2.45) is 5.73 Å².